The minimum absolute atomic E-state index is 0.321. The van der Waals surface area contributed by atoms with Gasteiger partial charge in [-0.1, -0.05) is 36.4 Å². The summed E-state index contributed by atoms with van der Waals surface area (Å²) in [5.74, 6) is 1.05. The Morgan fingerprint density at radius 2 is 1.46 bits per heavy atom. The minimum Gasteiger partial charge on any atom is -0.456 e. The number of hydrogen-bond acceptors (Lipinski definition) is 5. The molecule has 2 aliphatic rings. The van der Waals surface area contributed by atoms with Crippen LogP contribution in [0.2, 0.25) is 0 Å². The van der Waals surface area contributed by atoms with Crippen LogP contribution in [0.3, 0.4) is 0 Å². The SMILES string of the molecule is CCN(c1ccccc1)c1ccc2c(c1)Oc1ccc(N(C)C)cc1C21OC(=O)c2ccccc21. The maximum absolute atomic E-state index is 13.1. The van der Waals surface area contributed by atoms with Crippen molar-refractivity contribution in [3.8, 4) is 11.5 Å². The maximum atomic E-state index is 13.1. The van der Waals surface area contributed by atoms with E-state index in [1.807, 2.05) is 85.7 Å². The highest BCUT2D eigenvalue weighted by Gasteiger charge is 2.53. The Bertz CT molecular complexity index is 1450. The van der Waals surface area contributed by atoms with E-state index in [0.29, 0.717) is 17.1 Å². The number of rotatable bonds is 4. The van der Waals surface area contributed by atoms with Crippen LogP contribution in [-0.2, 0) is 10.3 Å². The Kier molecular flexibility index (Phi) is 4.81. The highest BCUT2D eigenvalue weighted by molar-refractivity contribution is 5.97. The molecule has 0 fully saturated rings. The normalized spacial score (nSPS) is 17.2. The summed E-state index contributed by atoms with van der Waals surface area (Å²) in [6, 6.07) is 30.1. The zero-order chi connectivity index (χ0) is 24.2. The van der Waals surface area contributed by atoms with Gasteiger partial charge in [0.05, 0.1) is 5.56 Å². The second-order valence-corrected chi connectivity index (χ2v) is 9.05. The third-order valence-electron chi connectivity index (χ3n) is 6.89. The monoisotopic (exact) mass is 462 g/mol. The van der Waals surface area contributed by atoms with Crippen molar-refractivity contribution in [1.29, 1.82) is 0 Å². The van der Waals surface area contributed by atoms with Crippen LogP contribution < -0.4 is 14.5 Å². The van der Waals surface area contributed by atoms with Crippen LogP contribution in [0.25, 0.3) is 0 Å². The van der Waals surface area contributed by atoms with Gasteiger partial charge in [0.25, 0.3) is 0 Å². The van der Waals surface area contributed by atoms with E-state index in [4.69, 9.17) is 9.47 Å². The fraction of sp³-hybridized carbons (Fsp3) is 0.167. The molecule has 5 heteroatoms. The molecule has 0 aromatic heterocycles. The largest absolute Gasteiger partial charge is 0.456 e. The summed E-state index contributed by atoms with van der Waals surface area (Å²) in [6.07, 6.45) is 0. The van der Waals surface area contributed by atoms with Crippen LogP contribution >= 0.6 is 0 Å². The lowest BCUT2D eigenvalue weighted by Crippen LogP contribution is -2.33. The number of esters is 1. The third kappa shape index (κ3) is 3.12. The molecule has 0 aliphatic carbocycles. The van der Waals surface area contributed by atoms with E-state index in [1.165, 1.54) is 0 Å². The Balaban J connectivity index is 1.58. The molecular formula is C30H26N2O3. The first-order valence-electron chi connectivity index (χ1n) is 11.8. The Morgan fingerprint density at radius 1 is 0.714 bits per heavy atom. The first-order valence-corrected chi connectivity index (χ1v) is 11.8. The quantitative estimate of drug-likeness (QED) is 0.325. The molecule has 2 aliphatic heterocycles. The number of para-hydroxylation sites is 1. The predicted molar refractivity (Wildman–Crippen MR) is 138 cm³/mol. The van der Waals surface area contributed by atoms with Gasteiger partial charge in [-0.25, -0.2) is 4.79 Å². The van der Waals surface area contributed by atoms with E-state index in [0.717, 1.165) is 40.3 Å². The lowest BCUT2D eigenvalue weighted by atomic mass is 9.77. The molecule has 5 nitrogen and oxygen atoms in total. The zero-order valence-corrected chi connectivity index (χ0v) is 20.0. The van der Waals surface area contributed by atoms with Crippen molar-refractivity contribution < 1.29 is 14.3 Å². The van der Waals surface area contributed by atoms with Crippen LogP contribution in [0, 0.1) is 0 Å². The summed E-state index contributed by atoms with van der Waals surface area (Å²) in [6.45, 7) is 2.93. The van der Waals surface area contributed by atoms with Gasteiger partial charge in [0.15, 0.2) is 5.60 Å². The van der Waals surface area contributed by atoms with Gasteiger partial charge in [0.2, 0.25) is 0 Å². The van der Waals surface area contributed by atoms with Crippen molar-refractivity contribution in [2.45, 2.75) is 12.5 Å². The highest BCUT2D eigenvalue weighted by Crippen LogP contribution is 2.57. The number of nitrogens with zero attached hydrogens (tertiary/aromatic N) is 2. The molecule has 0 N–H and O–H groups in total. The standard InChI is InChI=1S/C30H26N2O3/c1-4-32(20-10-6-5-7-11-20)22-14-16-25-28(19-22)34-27-17-15-21(31(2)3)18-26(27)30(25)24-13-9-8-12-23(24)29(33)35-30/h5-19H,4H2,1-3H3. The molecule has 2 heterocycles. The summed E-state index contributed by atoms with van der Waals surface area (Å²) in [7, 11) is 3.99. The van der Waals surface area contributed by atoms with Gasteiger partial charge in [-0.15, -0.1) is 0 Å². The molecule has 0 saturated heterocycles. The molecule has 4 aromatic rings. The van der Waals surface area contributed by atoms with Gasteiger partial charge in [-0.3, -0.25) is 0 Å². The number of fused-ring (bicyclic) bond motifs is 6. The van der Waals surface area contributed by atoms with E-state index in [9.17, 15) is 4.79 Å². The highest BCUT2D eigenvalue weighted by atomic mass is 16.6. The zero-order valence-electron chi connectivity index (χ0n) is 20.0. The second-order valence-electron chi connectivity index (χ2n) is 9.05. The van der Waals surface area contributed by atoms with Crippen molar-refractivity contribution in [2.24, 2.45) is 0 Å². The molecule has 0 bridgehead atoms. The minimum atomic E-state index is -1.06. The first kappa shape index (κ1) is 21.3. The van der Waals surface area contributed by atoms with Crippen molar-refractivity contribution in [3.63, 3.8) is 0 Å². The van der Waals surface area contributed by atoms with Crippen LogP contribution in [0.4, 0.5) is 17.1 Å². The van der Waals surface area contributed by atoms with Gasteiger partial charge < -0.3 is 19.3 Å². The molecule has 4 aromatic carbocycles. The van der Waals surface area contributed by atoms with Crippen molar-refractivity contribution in [2.75, 3.05) is 30.4 Å². The molecule has 1 unspecified atom stereocenters. The molecule has 0 radical (unpaired) electrons. The summed E-state index contributed by atoms with van der Waals surface area (Å²) in [5.41, 5.74) is 5.15. The second kappa shape index (κ2) is 7.91. The molecular weight excluding hydrogens is 436 g/mol. The summed E-state index contributed by atoms with van der Waals surface area (Å²) in [4.78, 5) is 17.4. The molecule has 6 rings (SSSR count). The van der Waals surface area contributed by atoms with Gasteiger partial charge in [0.1, 0.15) is 11.5 Å². The fourth-order valence-electron chi connectivity index (χ4n) is 5.22. The van der Waals surface area contributed by atoms with E-state index in [1.54, 1.807) is 0 Å². The van der Waals surface area contributed by atoms with Crippen molar-refractivity contribution in [3.05, 3.63) is 113 Å². The van der Waals surface area contributed by atoms with Gasteiger partial charge in [-0.05, 0) is 55.5 Å². The molecule has 174 valence electrons. The maximum Gasteiger partial charge on any atom is 0.340 e. The van der Waals surface area contributed by atoms with Gasteiger partial charge >= 0.3 is 5.97 Å². The summed E-state index contributed by atoms with van der Waals surface area (Å²) < 4.78 is 12.8. The fourth-order valence-corrected chi connectivity index (χ4v) is 5.22. The number of ether oxygens (including phenoxy) is 2. The molecule has 1 spiro atoms. The van der Waals surface area contributed by atoms with Crippen LogP contribution in [0.5, 0.6) is 11.5 Å². The smallest absolute Gasteiger partial charge is 0.340 e. The summed E-state index contributed by atoms with van der Waals surface area (Å²) in [5, 5.41) is 0. The van der Waals surface area contributed by atoms with Crippen LogP contribution in [-0.4, -0.2) is 26.6 Å². The topological polar surface area (TPSA) is 42.0 Å². The Labute approximate surface area is 205 Å². The number of carbonyl (C=O) groups excluding carboxylic acids is 1. The van der Waals surface area contributed by atoms with E-state index in [-0.39, 0.29) is 5.97 Å². The average Bonchev–Trinajstić information content (AvgIpc) is 3.18. The van der Waals surface area contributed by atoms with E-state index in [2.05, 4.69) is 36.1 Å². The molecule has 0 amide bonds. The molecule has 1 atom stereocenters. The average molecular weight is 463 g/mol. The Hall–Kier alpha value is -4.25. The number of carbonyl (C=O) groups is 1. The number of anilines is 3. The lowest BCUT2D eigenvalue weighted by molar-refractivity contribution is 0.0224. The van der Waals surface area contributed by atoms with E-state index < -0.39 is 5.60 Å². The predicted octanol–water partition coefficient (Wildman–Crippen LogP) is 6.48. The summed E-state index contributed by atoms with van der Waals surface area (Å²) >= 11 is 0. The molecule has 0 saturated carbocycles. The molecule has 35 heavy (non-hydrogen) atoms. The van der Waals surface area contributed by atoms with Gasteiger partial charge in [0, 0.05) is 60.5 Å². The number of hydrogen-bond donors (Lipinski definition) is 0. The lowest BCUT2D eigenvalue weighted by Gasteiger charge is -2.37. The van der Waals surface area contributed by atoms with Crippen LogP contribution in [0.1, 0.15) is 34.0 Å². The number of benzene rings is 4. The van der Waals surface area contributed by atoms with Crippen LogP contribution in [0.15, 0.2) is 91.0 Å². The van der Waals surface area contributed by atoms with E-state index >= 15 is 0 Å². The van der Waals surface area contributed by atoms with Gasteiger partial charge in [-0.2, -0.15) is 0 Å². The van der Waals surface area contributed by atoms with Crippen molar-refractivity contribution >= 4 is 23.0 Å². The first-order chi connectivity index (χ1) is 17.0. The van der Waals surface area contributed by atoms with Crippen molar-refractivity contribution in [1.82, 2.24) is 0 Å². The Morgan fingerprint density at radius 3 is 2.23 bits per heavy atom. The third-order valence-corrected chi connectivity index (χ3v) is 6.89.